The number of ether oxygens (including phenoxy) is 2. The van der Waals surface area contributed by atoms with Gasteiger partial charge in [0.2, 0.25) is 5.28 Å². The number of nitrogens with zero attached hydrogens (tertiary/aromatic N) is 4. The highest BCUT2D eigenvalue weighted by Crippen LogP contribution is 2.36. The molecule has 3 atom stereocenters. The molecule has 1 aromatic carbocycles. The number of carbonyl (C=O) groups is 2. The zero-order chi connectivity index (χ0) is 28.4. The molecule has 0 saturated carbocycles. The lowest BCUT2D eigenvalue weighted by atomic mass is 9.94. The minimum atomic E-state index is -2.54. The van der Waals surface area contributed by atoms with E-state index in [1.165, 1.54) is 6.33 Å². The van der Waals surface area contributed by atoms with Crippen LogP contribution in [-0.2, 0) is 25.5 Å². The number of halogens is 1. The van der Waals surface area contributed by atoms with Gasteiger partial charge in [-0.25, -0.2) is 14.6 Å². The van der Waals surface area contributed by atoms with Crippen LogP contribution in [0.3, 0.4) is 0 Å². The van der Waals surface area contributed by atoms with Crippen LogP contribution in [0, 0.1) is 18.3 Å². The average Bonchev–Trinajstić information content (AvgIpc) is 3.48. The summed E-state index contributed by atoms with van der Waals surface area (Å²) in [6, 6.07) is 8.34. The van der Waals surface area contributed by atoms with Crippen molar-refractivity contribution in [1.29, 1.82) is 0 Å². The Morgan fingerprint density at radius 3 is 2.56 bits per heavy atom. The summed E-state index contributed by atoms with van der Waals surface area (Å²) in [6.45, 7) is 3.07. The van der Waals surface area contributed by atoms with E-state index >= 15 is 0 Å². The molecule has 0 amide bonds. The van der Waals surface area contributed by atoms with Gasteiger partial charge in [0.25, 0.3) is 5.60 Å². The van der Waals surface area contributed by atoms with Gasteiger partial charge in [-0.2, -0.15) is 9.97 Å². The summed E-state index contributed by atoms with van der Waals surface area (Å²) in [4.78, 5) is 37.1. The van der Waals surface area contributed by atoms with E-state index in [9.17, 15) is 24.9 Å². The second-order valence-electron chi connectivity index (χ2n) is 9.88. The molecule has 2 aromatic heterocycles. The molecule has 12 nitrogen and oxygen atoms in total. The molecular weight excluding hydrogens is 530 g/mol. The Morgan fingerprint density at radius 1 is 1.26 bits per heavy atom. The molecular formula is C26H28ClN5O7. The van der Waals surface area contributed by atoms with E-state index in [1.54, 1.807) is 48.7 Å². The SMILES string of the molecule is C#CC1CC(n2cnc3c(NCC(C)(C)O)nc(Cl)nc32)OC1COC(Cc1ccccc1)(C(=O)O)C(=O)O. The van der Waals surface area contributed by atoms with E-state index in [2.05, 4.69) is 26.2 Å². The van der Waals surface area contributed by atoms with E-state index in [1.807, 2.05) is 0 Å². The third-order valence-corrected chi connectivity index (χ3v) is 6.49. The molecule has 3 unspecified atom stereocenters. The second kappa shape index (κ2) is 11.2. The van der Waals surface area contributed by atoms with Gasteiger partial charge in [0.15, 0.2) is 17.0 Å². The number of anilines is 1. The second-order valence-corrected chi connectivity index (χ2v) is 10.2. The average molecular weight is 558 g/mol. The predicted molar refractivity (Wildman–Crippen MR) is 140 cm³/mol. The number of aromatic nitrogens is 4. The van der Waals surface area contributed by atoms with Gasteiger partial charge < -0.3 is 30.1 Å². The molecule has 13 heteroatoms. The number of terminal acetylenes is 1. The lowest BCUT2D eigenvalue weighted by Gasteiger charge is -2.27. The molecule has 4 rings (SSSR count). The molecule has 0 aliphatic carbocycles. The third-order valence-electron chi connectivity index (χ3n) is 6.32. The molecule has 1 aliphatic heterocycles. The standard InChI is InChI=1S/C26H28ClN5O7/c1-4-16-10-18(32-14-29-19-20(28-13-25(2,3)37)30-24(27)31-21(19)32)39-17(16)12-38-26(22(33)34,23(35)36)11-15-8-6-5-7-9-15/h1,5-9,14,16-18,37H,10-13H2,2-3H3,(H,33,34)(H,35,36)(H,28,30,31). The number of aliphatic carboxylic acids is 2. The number of nitrogens with one attached hydrogen (secondary N) is 1. The Kier molecular flexibility index (Phi) is 8.08. The lowest BCUT2D eigenvalue weighted by molar-refractivity contribution is -0.188. The zero-order valence-electron chi connectivity index (χ0n) is 21.2. The first kappa shape index (κ1) is 28.3. The highest BCUT2D eigenvalue weighted by molar-refractivity contribution is 6.28. The maximum atomic E-state index is 12.2. The third kappa shape index (κ3) is 6.12. The van der Waals surface area contributed by atoms with E-state index in [0.29, 0.717) is 29.0 Å². The summed E-state index contributed by atoms with van der Waals surface area (Å²) in [5.41, 5.74) is -2.33. The normalized spacial score (nSPS) is 19.6. The summed E-state index contributed by atoms with van der Waals surface area (Å²) in [5, 5.41) is 32.8. The summed E-state index contributed by atoms with van der Waals surface area (Å²) in [6.07, 6.45) is 5.66. The number of carboxylic acids is 2. The van der Waals surface area contributed by atoms with Gasteiger partial charge in [-0.3, -0.25) is 4.57 Å². The molecule has 3 heterocycles. The number of hydrogen-bond acceptors (Lipinski definition) is 9. The Morgan fingerprint density at radius 2 is 1.95 bits per heavy atom. The van der Waals surface area contributed by atoms with Crippen molar-refractivity contribution in [3.63, 3.8) is 0 Å². The fraction of sp³-hybridized carbons (Fsp3) is 0.423. The Labute approximate surface area is 229 Å². The largest absolute Gasteiger partial charge is 0.479 e. The molecule has 1 saturated heterocycles. The van der Waals surface area contributed by atoms with E-state index < -0.39 is 47.8 Å². The number of benzene rings is 1. The van der Waals surface area contributed by atoms with Crippen LogP contribution < -0.4 is 5.32 Å². The first-order valence-electron chi connectivity index (χ1n) is 12.1. The highest BCUT2D eigenvalue weighted by atomic mass is 35.5. The molecule has 39 heavy (non-hydrogen) atoms. The van der Waals surface area contributed by atoms with Gasteiger partial charge in [0.05, 0.1) is 30.6 Å². The molecule has 206 valence electrons. The van der Waals surface area contributed by atoms with Crippen LogP contribution in [0.1, 0.15) is 32.1 Å². The minimum Gasteiger partial charge on any atom is -0.479 e. The molecule has 0 radical (unpaired) electrons. The fourth-order valence-electron chi connectivity index (χ4n) is 4.28. The Bertz CT molecular complexity index is 1390. The van der Waals surface area contributed by atoms with Crippen molar-refractivity contribution in [3.8, 4) is 12.3 Å². The summed E-state index contributed by atoms with van der Waals surface area (Å²) in [5.74, 6) is -0.839. The number of fused-ring (bicyclic) bond motifs is 1. The minimum absolute atomic E-state index is 0.0533. The topological polar surface area (TPSA) is 169 Å². The number of aliphatic hydroxyl groups is 1. The van der Waals surface area contributed by atoms with Crippen molar-refractivity contribution in [2.24, 2.45) is 5.92 Å². The predicted octanol–water partition coefficient (Wildman–Crippen LogP) is 2.37. The molecule has 1 fully saturated rings. The van der Waals surface area contributed by atoms with Crippen molar-refractivity contribution in [1.82, 2.24) is 19.5 Å². The smallest absolute Gasteiger partial charge is 0.348 e. The van der Waals surface area contributed by atoms with Crippen LogP contribution in [0.15, 0.2) is 36.7 Å². The molecule has 0 bridgehead atoms. The zero-order valence-corrected chi connectivity index (χ0v) is 22.0. The Hall–Kier alpha value is -3.76. The van der Waals surface area contributed by atoms with Gasteiger partial charge in [-0.1, -0.05) is 30.3 Å². The van der Waals surface area contributed by atoms with E-state index in [4.69, 9.17) is 27.5 Å². The maximum Gasteiger partial charge on any atom is 0.348 e. The lowest BCUT2D eigenvalue weighted by Crippen LogP contribution is -2.52. The van der Waals surface area contributed by atoms with Crippen LogP contribution in [-0.4, -0.2) is 77.2 Å². The number of rotatable bonds is 11. The number of hydrogen-bond donors (Lipinski definition) is 4. The van der Waals surface area contributed by atoms with E-state index in [-0.39, 0.29) is 18.4 Å². The van der Waals surface area contributed by atoms with Crippen molar-refractivity contribution < 1.29 is 34.4 Å². The van der Waals surface area contributed by atoms with Gasteiger partial charge in [0.1, 0.15) is 6.23 Å². The van der Waals surface area contributed by atoms with Crippen molar-refractivity contribution in [2.45, 2.75) is 50.2 Å². The molecule has 1 aliphatic rings. The fourth-order valence-corrected chi connectivity index (χ4v) is 4.44. The highest BCUT2D eigenvalue weighted by Gasteiger charge is 2.50. The van der Waals surface area contributed by atoms with Crippen LogP contribution in [0.5, 0.6) is 0 Å². The summed E-state index contributed by atoms with van der Waals surface area (Å²) >= 11 is 6.15. The first-order chi connectivity index (χ1) is 18.4. The van der Waals surface area contributed by atoms with Crippen LogP contribution in [0.4, 0.5) is 5.82 Å². The van der Waals surface area contributed by atoms with Crippen molar-refractivity contribution >= 4 is 40.5 Å². The number of imidazole rings is 1. The van der Waals surface area contributed by atoms with Crippen LogP contribution >= 0.6 is 11.6 Å². The van der Waals surface area contributed by atoms with Gasteiger partial charge in [-0.05, 0) is 31.0 Å². The monoisotopic (exact) mass is 557 g/mol. The van der Waals surface area contributed by atoms with Gasteiger partial charge in [0, 0.05) is 19.4 Å². The van der Waals surface area contributed by atoms with Crippen LogP contribution in [0.25, 0.3) is 11.2 Å². The molecule has 4 N–H and O–H groups in total. The summed E-state index contributed by atoms with van der Waals surface area (Å²) in [7, 11) is 0. The Balaban J connectivity index is 1.56. The van der Waals surface area contributed by atoms with Crippen LogP contribution in [0.2, 0.25) is 5.28 Å². The number of carboxylic acid groups (broad SMARTS) is 2. The van der Waals surface area contributed by atoms with Gasteiger partial charge in [-0.15, -0.1) is 12.3 Å². The quantitative estimate of drug-likeness (QED) is 0.155. The maximum absolute atomic E-state index is 12.2. The van der Waals surface area contributed by atoms with E-state index in [0.717, 1.165) is 0 Å². The summed E-state index contributed by atoms with van der Waals surface area (Å²) < 4.78 is 13.3. The molecule has 3 aromatic rings. The molecule has 0 spiro atoms. The van der Waals surface area contributed by atoms with Crippen molar-refractivity contribution in [2.75, 3.05) is 18.5 Å². The van der Waals surface area contributed by atoms with Gasteiger partial charge >= 0.3 is 11.9 Å². The first-order valence-corrected chi connectivity index (χ1v) is 12.4. The van der Waals surface area contributed by atoms with Crippen molar-refractivity contribution in [3.05, 3.63) is 47.5 Å².